The molecule has 1 aromatic heterocycles. The molecule has 7 nitrogen and oxygen atoms in total. The largest absolute Gasteiger partial charge is 0.472 e. The summed E-state index contributed by atoms with van der Waals surface area (Å²) in [6.45, 7) is 2.42. The van der Waals surface area contributed by atoms with Crippen LogP contribution in [-0.4, -0.2) is 21.0 Å². The minimum atomic E-state index is -3.69. The molecule has 146 valence electrons. The highest BCUT2D eigenvalue weighted by Crippen LogP contribution is 2.24. The van der Waals surface area contributed by atoms with E-state index in [1.165, 1.54) is 22.7 Å². The smallest absolute Gasteiger partial charge is 0.319 e. The maximum Gasteiger partial charge on any atom is 0.319 e. The second-order valence-corrected chi connectivity index (χ2v) is 7.83. The molecule has 28 heavy (non-hydrogen) atoms. The van der Waals surface area contributed by atoms with Crippen LogP contribution >= 0.6 is 0 Å². The molecule has 0 radical (unpaired) electrons. The Bertz CT molecular complexity index is 1000. The van der Waals surface area contributed by atoms with Crippen LogP contribution in [0.15, 0.2) is 82.5 Å². The van der Waals surface area contributed by atoms with Gasteiger partial charge in [-0.2, -0.15) is 0 Å². The second-order valence-electron chi connectivity index (χ2n) is 5.97. The van der Waals surface area contributed by atoms with E-state index in [9.17, 15) is 13.2 Å². The summed E-state index contributed by atoms with van der Waals surface area (Å²) in [5.74, 6) is 0. The Morgan fingerprint density at radius 1 is 1.04 bits per heavy atom. The van der Waals surface area contributed by atoms with Crippen molar-refractivity contribution in [3.8, 4) is 0 Å². The first-order valence-corrected chi connectivity index (χ1v) is 10.2. The number of urea groups is 1. The van der Waals surface area contributed by atoms with Crippen molar-refractivity contribution >= 4 is 27.4 Å². The molecule has 0 saturated carbocycles. The summed E-state index contributed by atoms with van der Waals surface area (Å²) >= 11 is 0. The van der Waals surface area contributed by atoms with E-state index in [-0.39, 0.29) is 4.90 Å². The molecule has 0 fully saturated rings. The number of carbonyl (C=O) groups is 1. The van der Waals surface area contributed by atoms with E-state index >= 15 is 0 Å². The lowest BCUT2D eigenvalue weighted by molar-refractivity contribution is 0.251. The molecule has 0 aliphatic heterocycles. The van der Waals surface area contributed by atoms with Crippen LogP contribution in [0.25, 0.3) is 0 Å². The highest BCUT2D eigenvalue weighted by Gasteiger charge is 2.23. The van der Waals surface area contributed by atoms with Gasteiger partial charge in [0.05, 0.1) is 23.1 Å². The van der Waals surface area contributed by atoms with Crippen LogP contribution in [0.5, 0.6) is 0 Å². The Hall–Kier alpha value is -3.26. The van der Waals surface area contributed by atoms with E-state index in [0.29, 0.717) is 24.5 Å². The number of hydrogen-bond donors (Lipinski definition) is 2. The highest BCUT2D eigenvalue weighted by atomic mass is 32.2. The monoisotopic (exact) mass is 399 g/mol. The number of nitrogens with one attached hydrogen (secondary N) is 2. The number of benzene rings is 2. The third kappa shape index (κ3) is 4.52. The van der Waals surface area contributed by atoms with Gasteiger partial charge in [-0.3, -0.25) is 4.31 Å². The molecule has 0 bridgehead atoms. The van der Waals surface area contributed by atoms with E-state index in [1.54, 1.807) is 55.7 Å². The Morgan fingerprint density at radius 3 is 2.36 bits per heavy atom. The lowest BCUT2D eigenvalue weighted by Crippen LogP contribution is -2.30. The van der Waals surface area contributed by atoms with Crippen LogP contribution in [-0.2, 0) is 16.6 Å². The number of rotatable bonds is 7. The van der Waals surface area contributed by atoms with Gasteiger partial charge in [0.15, 0.2) is 0 Å². The van der Waals surface area contributed by atoms with Crippen LogP contribution < -0.4 is 14.9 Å². The lowest BCUT2D eigenvalue weighted by Gasteiger charge is -2.23. The van der Waals surface area contributed by atoms with Gasteiger partial charge in [0.25, 0.3) is 10.0 Å². The number of furan rings is 1. The fourth-order valence-corrected chi connectivity index (χ4v) is 4.15. The molecule has 0 unspecified atom stereocenters. The minimum Gasteiger partial charge on any atom is -0.472 e. The van der Waals surface area contributed by atoms with Crippen LogP contribution in [0.3, 0.4) is 0 Å². The fraction of sp³-hybridized carbons (Fsp3) is 0.150. The first kappa shape index (κ1) is 19.5. The Balaban J connectivity index is 1.68. The van der Waals surface area contributed by atoms with Gasteiger partial charge in [-0.1, -0.05) is 18.2 Å². The number of hydrogen-bond acceptors (Lipinski definition) is 4. The van der Waals surface area contributed by atoms with Gasteiger partial charge in [-0.15, -0.1) is 0 Å². The van der Waals surface area contributed by atoms with Crippen molar-refractivity contribution in [2.45, 2.75) is 18.4 Å². The van der Waals surface area contributed by atoms with Crippen molar-refractivity contribution < 1.29 is 17.6 Å². The molecule has 8 heteroatoms. The molecular weight excluding hydrogens is 378 g/mol. The third-order valence-electron chi connectivity index (χ3n) is 4.06. The van der Waals surface area contributed by atoms with Gasteiger partial charge in [0, 0.05) is 24.3 Å². The number of nitrogens with zero attached hydrogens (tertiary/aromatic N) is 1. The summed E-state index contributed by atoms with van der Waals surface area (Å²) in [5.41, 5.74) is 1.94. The minimum absolute atomic E-state index is 0.155. The second kappa shape index (κ2) is 8.62. The molecule has 0 aliphatic rings. The first-order chi connectivity index (χ1) is 13.5. The summed E-state index contributed by atoms with van der Waals surface area (Å²) in [7, 11) is -3.69. The Morgan fingerprint density at radius 2 is 1.75 bits per heavy atom. The molecule has 3 aromatic rings. The third-order valence-corrected chi connectivity index (χ3v) is 5.98. The van der Waals surface area contributed by atoms with E-state index in [0.717, 1.165) is 5.56 Å². The molecule has 2 amide bonds. The number of anilines is 2. The molecule has 3 rings (SSSR count). The SMILES string of the molecule is CCN(c1ccccc1)S(=O)(=O)c1ccc(NC(=O)NCc2ccoc2)cc1. The predicted molar refractivity (Wildman–Crippen MR) is 108 cm³/mol. The van der Waals surface area contributed by atoms with E-state index in [4.69, 9.17) is 4.42 Å². The van der Waals surface area contributed by atoms with Crippen LogP contribution in [0.1, 0.15) is 12.5 Å². The molecule has 0 saturated heterocycles. The standard InChI is InChI=1S/C20H21N3O4S/c1-2-23(18-6-4-3-5-7-18)28(25,26)19-10-8-17(9-11-19)22-20(24)21-14-16-12-13-27-15-16/h3-13,15H,2,14H2,1H3,(H2,21,22,24). The molecule has 1 heterocycles. The van der Waals surface area contributed by atoms with Gasteiger partial charge in [0.2, 0.25) is 0 Å². The maximum atomic E-state index is 12.9. The zero-order valence-corrected chi connectivity index (χ0v) is 16.1. The zero-order chi connectivity index (χ0) is 20.0. The normalized spacial score (nSPS) is 11.0. The quantitative estimate of drug-likeness (QED) is 0.632. The van der Waals surface area contributed by atoms with Crippen LogP contribution in [0.2, 0.25) is 0 Å². The van der Waals surface area contributed by atoms with Gasteiger partial charge >= 0.3 is 6.03 Å². The summed E-state index contributed by atoms with van der Waals surface area (Å²) < 4.78 is 32.2. The summed E-state index contributed by atoms with van der Waals surface area (Å²) in [4.78, 5) is 12.1. The number of amides is 2. The highest BCUT2D eigenvalue weighted by molar-refractivity contribution is 7.92. The Kier molecular flexibility index (Phi) is 6.00. The average Bonchev–Trinajstić information content (AvgIpc) is 3.22. The van der Waals surface area contributed by atoms with Crippen molar-refractivity contribution in [2.75, 3.05) is 16.2 Å². The lowest BCUT2D eigenvalue weighted by atomic mass is 10.3. The molecule has 2 N–H and O–H groups in total. The van der Waals surface area contributed by atoms with Crippen molar-refractivity contribution in [1.29, 1.82) is 0 Å². The van der Waals surface area contributed by atoms with E-state index in [2.05, 4.69) is 10.6 Å². The summed E-state index contributed by atoms with van der Waals surface area (Å²) in [6.07, 6.45) is 3.08. The first-order valence-electron chi connectivity index (χ1n) is 8.74. The number of carbonyl (C=O) groups excluding carboxylic acids is 1. The summed E-state index contributed by atoms with van der Waals surface area (Å²) in [6, 6.07) is 16.4. The fourth-order valence-electron chi connectivity index (χ4n) is 2.67. The molecular formula is C20H21N3O4S. The van der Waals surface area contributed by atoms with Crippen molar-refractivity contribution in [2.24, 2.45) is 0 Å². The topological polar surface area (TPSA) is 91.7 Å². The van der Waals surface area contributed by atoms with Crippen molar-refractivity contribution in [3.63, 3.8) is 0 Å². The predicted octanol–water partition coefficient (Wildman–Crippen LogP) is 3.82. The summed E-state index contributed by atoms with van der Waals surface area (Å²) in [5, 5.41) is 5.36. The van der Waals surface area contributed by atoms with Gasteiger partial charge in [-0.05, 0) is 49.4 Å². The number of para-hydroxylation sites is 1. The van der Waals surface area contributed by atoms with Gasteiger partial charge in [0.1, 0.15) is 0 Å². The van der Waals surface area contributed by atoms with Gasteiger partial charge < -0.3 is 15.1 Å². The molecule has 0 atom stereocenters. The van der Waals surface area contributed by atoms with Gasteiger partial charge in [-0.25, -0.2) is 13.2 Å². The average molecular weight is 399 g/mol. The van der Waals surface area contributed by atoms with Crippen LogP contribution in [0, 0.1) is 0 Å². The maximum absolute atomic E-state index is 12.9. The van der Waals surface area contributed by atoms with Crippen molar-refractivity contribution in [3.05, 3.63) is 78.8 Å². The molecule has 0 aliphatic carbocycles. The molecule has 0 spiro atoms. The Labute approximate surface area is 164 Å². The van der Waals surface area contributed by atoms with Crippen LogP contribution in [0.4, 0.5) is 16.2 Å². The number of sulfonamides is 1. The van der Waals surface area contributed by atoms with E-state index < -0.39 is 16.1 Å². The molecule has 2 aromatic carbocycles. The van der Waals surface area contributed by atoms with E-state index in [1.807, 2.05) is 6.07 Å². The zero-order valence-electron chi connectivity index (χ0n) is 15.3. The van der Waals surface area contributed by atoms with Crippen molar-refractivity contribution in [1.82, 2.24) is 5.32 Å².